The maximum absolute atomic E-state index is 6.15. The third kappa shape index (κ3) is 3.80. The van der Waals surface area contributed by atoms with Crippen LogP contribution in [0.3, 0.4) is 0 Å². The highest BCUT2D eigenvalue weighted by Crippen LogP contribution is 2.40. The van der Waals surface area contributed by atoms with Crippen molar-refractivity contribution in [1.29, 1.82) is 0 Å². The van der Waals surface area contributed by atoms with Crippen LogP contribution >= 0.6 is 0 Å². The van der Waals surface area contributed by atoms with E-state index in [1.165, 1.54) is 0 Å². The standard InChI is InChI=1S/C23H25N7O2/c1-23(4-5-23)32-16-2-3-18-17(12-16)22(28-27-18)19-13-20(26-15-25-19)30-9-7-29(8-10-30)14-21-24-6-11-31-21/h2-3,6,11-13,15H,4-5,7-10,14H2,1H3,(H,27,28). The predicted molar refractivity (Wildman–Crippen MR) is 119 cm³/mol. The number of aromatic nitrogens is 5. The molecule has 0 spiro atoms. The van der Waals surface area contributed by atoms with Crippen molar-refractivity contribution in [2.24, 2.45) is 0 Å². The van der Waals surface area contributed by atoms with Crippen LogP contribution in [0.25, 0.3) is 22.3 Å². The summed E-state index contributed by atoms with van der Waals surface area (Å²) in [5, 5.41) is 8.67. The molecule has 3 aromatic heterocycles. The van der Waals surface area contributed by atoms with Crippen LogP contribution in [-0.2, 0) is 6.54 Å². The SMILES string of the molecule is CC1(Oc2ccc3[nH]nc(-c4cc(N5CCN(Cc6ncco6)CC5)ncn4)c3c2)CC1. The van der Waals surface area contributed by atoms with Crippen LogP contribution in [-0.4, -0.2) is 61.8 Å². The summed E-state index contributed by atoms with van der Waals surface area (Å²) in [7, 11) is 0. The van der Waals surface area contributed by atoms with Crippen LogP contribution in [0.5, 0.6) is 5.75 Å². The molecule has 4 aromatic rings. The monoisotopic (exact) mass is 431 g/mol. The Hall–Kier alpha value is -3.46. The number of benzene rings is 1. The zero-order valence-electron chi connectivity index (χ0n) is 18.0. The van der Waals surface area contributed by atoms with Crippen molar-refractivity contribution in [2.45, 2.75) is 31.9 Å². The summed E-state index contributed by atoms with van der Waals surface area (Å²) in [6, 6.07) is 8.09. The van der Waals surface area contributed by atoms with E-state index in [1.807, 2.05) is 18.2 Å². The molecule has 1 saturated carbocycles. The molecule has 6 rings (SSSR count). The molecule has 0 radical (unpaired) electrons. The Morgan fingerprint density at radius 3 is 2.75 bits per heavy atom. The second-order valence-corrected chi connectivity index (χ2v) is 8.78. The van der Waals surface area contributed by atoms with Crippen LogP contribution in [0, 0.1) is 0 Å². The lowest BCUT2D eigenvalue weighted by molar-refractivity contribution is 0.200. The molecule has 9 nitrogen and oxygen atoms in total. The number of nitrogens with one attached hydrogen (secondary N) is 1. The first-order chi connectivity index (χ1) is 15.7. The van der Waals surface area contributed by atoms with Gasteiger partial charge in [0.25, 0.3) is 0 Å². The lowest BCUT2D eigenvalue weighted by atomic mass is 10.1. The number of nitrogens with zero attached hydrogens (tertiary/aromatic N) is 6. The Balaban J connectivity index is 1.20. The van der Waals surface area contributed by atoms with E-state index in [0.717, 1.165) is 85.3 Å². The van der Waals surface area contributed by atoms with Crippen LogP contribution < -0.4 is 9.64 Å². The van der Waals surface area contributed by atoms with Crippen LogP contribution in [0.4, 0.5) is 5.82 Å². The van der Waals surface area contributed by atoms with E-state index in [-0.39, 0.29) is 5.60 Å². The lowest BCUT2D eigenvalue weighted by Crippen LogP contribution is -2.46. The molecule has 0 atom stereocenters. The van der Waals surface area contributed by atoms with Crippen molar-refractivity contribution in [3.8, 4) is 17.1 Å². The van der Waals surface area contributed by atoms with Gasteiger partial charge in [-0.3, -0.25) is 10.00 Å². The zero-order valence-corrected chi connectivity index (χ0v) is 18.0. The Bertz CT molecular complexity index is 1220. The summed E-state index contributed by atoms with van der Waals surface area (Å²) in [4.78, 5) is 17.9. The molecule has 0 bridgehead atoms. The van der Waals surface area contributed by atoms with Gasteiger partial charge in [0, 0.05) is 37.6 Å². The molecule has 0 amide bonds. The number of hydrogen-bond acceptors (Lipinski definition) is 8. The van der Waals surface area contributed by atoms with Gasteiger partial charge in [-0.15, -0.1) is 0 Å². The summed E-state index contributed by atoms with van der Waals surface area (Å²) in [6.45, 7) is 6.50. The van der Waals surface area contributed by atoms with Crippen molar-refractivity contribution in [2.75, 3.05) is 31.1 Å². The molecule has 9 heteroatoms. The van der Waals surface area contributed by atoms with Gasteiger partial charge in [0.1, 0.15) is 35.5 Å². The van der Waals surface area contributed by atoms with Gasteiger partial charge in [0.15, 0.2) is 0 Å². The Kier molecular flexibility index (Phi) is 4.57. The number of rotatable bonds is 6. The molecule has 1 saturated heterocycles. The van der Waals surface area contributed by atoms with Crippen molar-refractivity contribution in [3.63, 3.8) is 0 Å². The van der Waals surface area contributed by atoms with Gasteiger partial charge in [-0.25, -0.2) is 15.0 Å². The molecule has 1 aliphatic carbocycles. The Morgan fingerprint density at radius 2 is 1.97 bits per heavy atom. The molecule has 4 heterocycles. The smallest absolute Gasteiger partial charge is 0.208 e. The number of oxazole rings is 1. The van der Waals surface area contributed by atoms with Crippen molar-refractivity contribution < 1.29 is 9.15 Å². The van der Waals surface area contributed by atoms with E-state index >= 15 is 0 Å². The normalized spacial score (nSPS) is 18.2. The highest BCUT2D eigenvalue weighted by Gasteiger charge is 2.40. The second-order valence-electron chi connectivity index (χ2n) is 8.78. The number of fused-ring (bicyclic) bond motifs is 1. The fraction of sp³-hybridized carbons (Fsp3) is 0.391. The van der Waals surface area contributed by atoms with E-state index in [9.17, 15) is 0 Å². The van der Waals surface area contributed by atoms with Crippen molar-refractivity contribution in [3.05, 3.63) is 48.9 Å². The topological polar surface area (TPSA) is 96.2 Å². The maximum atomic E-state index is 6.15. The van der Waals surface area contributed by atoms with Crippen molar-refractivity contribution >= 4 is 16.7 Å². The number of ether oxygens (including phenoxy) is 1. The molecule has 164 valence electrons. The van der Waals surface area contributed by atoms with Gasteiger partial charge in [0.2, 0.25) is 5.89 Å². The maximum Gasteiger partial charge on any atom is 0.208 e. The lowest BCUT2D eigenvalue weighted by Gasteiger charge is -2.34. The van der Waals surface area contributed by atoms with Gasteiger partial charge in [-0.2, -0.15) is 5.10 Å². The van der Waals surface area contributed by atoms with Crippen LogP contribution in [0.1, 0.15) is 25.7 Å². The minimum atomic E-state index is -0.0190. The van der Waals surface area contributed by atoms with E-state index in [2.05, 4.69) is 47.9 Å². The number of H-pyrrole nitrogens is 1. The minimum Gasteiger partial charge on any atom is -0.488 e. The second kappa shape index (κ2) is 7.59. The first-order valence-electron chi connectivity index (χ1n) is 11.0. The number of anilines is 1. The highest BCUT2D eigenvalue weighted by atomic mass is 16.5. The van der Waals surface area contributed by atoms with Gasteiger partial charge in [-0.1, -0.05) is 0 Å². The Labute approximate surface area is 185 Å². The first kappa shape index (κ1) is 19.2. The summed E-state index contributed by atoms with van der Waals surface area (Å²) in [5.41, 5.74) is 2.57. The molecule has 1 aromatic carbocycles. The molecule has 0 unspecified atom stereocenters. The van der Waals surface area contributed by atoms with Gasteiger partial charge in [-0.05, 0) is 38.0 Å². The van der Waals surface area contributed by atoms with Crippen LogP contribution in [0.15, 0.2) is 47.5 Å². The van der Waals surface area contributed by atoms with Gasteiger partial charge >= 0.3 is 0 Å². The molecule has 1 N–H and O–H groups in total. The number of piperazine rings is 1. The number of aromatic amines is 1. The quantitative estimate of drug-likeness (QED) is 0.497. The number of hydrogen-bond donors (Lipinski definition) is 1. The van der Waals surface area contributed by atoms with E-state index in [0.29, 0.717) is 0 Å². The van der Waals surface area contributed by atoms with Gasteiger partial charge in [0.05, 0.1) is 24.0 Å². The fourth-order valence-corrected chi connectivity index (χ4v) is 4.12. The van der Waals surface area contributed by atoms with E-state index in [4.69, 9.17) is 9.15 Å². The minimum absolute atomic E-state index is 0.0190. The Morgan fingerprint density at radius 1 is 1.09 bits per heavy atom. The van der Waals surface area contributed by atoms with Gasteiger partial charge < -0.3 is 14.1 Å². The summed E-state index contributed by atoms with van der Waals surface area (Å²) in [6.07, 6.45) is 7.13. The third-order valence-electron chi connectivity index (χ3n) is 6.29. The van der Waals surface area contributed by atoms with Crippen molar-refractivity contribution in [1.82, 2.24) is 30.0 Å². The first-order valence-corrected chi connectivity index (χ1v) is 11.0. The highest BCUT2D eigenvalue weighted by molar-refractivity contribution is 5.93. The summed E-state index contributed by atoms with van der Waals surface area (Å²) >= 11 is 0. The van der Waals surface area contributed by atoms with E-state index < -0.39 is 0 Å². The molecule has 2 fully saturated rings. The molecule has 1 aliphatic heterocycles. The summed E-state index contributed by atoms with van der Waals surface area (Å²) < 4.78 is 11.5. The summed E-state index contributed by atoms with van der Waals surface area (Å²) in [5.74, 6) is 2.55. The molecular formula is C23H25N7O2. The third-order valence-corrected chi connectivity index (χ3v) is 6.29. The van der Waals surface area contributed by atoms with E-state index in [1.54, 1.807) is 18.8 Å². The zero-order chi connectivity index (χ0) is 21.5. The largest absolute Gasteiger partial charge is 0.488 e. The molecular weight excluding hydrogens is 406 g/mol. The molecule has 2 aliphatic rings. The average Bonchev–Trinajstić information content (AvgIpc) is 3.18. The van der Waals surface area contributed by atoms with Crippen LogP contribution in [0.2, 0.25) is 0 Å². The molecule has 32 heavy (non-hydrogen) atoms. The average molecular weight is 432 g/mol. The fourth-order valence-electron chi connectivity index (χ4n) is 4.12. The predicted octanol–water partition coefficient (Wildman–Crippen LogP) is 3.26.